The van der Waals surface area contributed by atoms with Gasteiger partial charge in [0.05, 0.1) is 0 Å². The number of methoxy groups -OCH3 is 1. The van der Waals surface area contributed by atoms with Gasteiger partial charge in [-0.2, -0.15) is 4.98 Å². The summed E-state index contributed by atoms with van der Waals surface area (Å²) in [7, 11) is 1.56. The Labute approximate surface area is 127 Å². The lowest BCUT2D eigenvalue weighted by Crippen LogP contribution is -2.15. The molecule has 116 valence electrons. The van der Waals surface area contributed by atoms with Crippen LogP contribution in [0.15, 0.2) is 22.7 Å². The third-order valence-electron chi connectivity index (χ3n) is 3.21. The first kappa shape index (κ1) is 14.5. The number of rotatable bonds is 6. The van der Waals surface area contributed by atoms with Crippen LogP contribution in [0, 0.1) is 0 Å². The van der Waals surface area contributed by atoms with Crippen molar-refractivity contribution in [2.24, 2.45) is 0 Å². The number of nitrogens with zero attached hydrogens (tertiary/aromatic N) is 2. The maximum atomic E-state index is 12.2. The fourth-order valence-electron chi connectivity index (χ4n) is 2.16. The van der Waals surface area contributed by atoms with Crippen molar-refractivity contribution in [3.05, 3.63) is 35.5 Å². The molecule has 0 saturated carbocycles. The zero-order valence-electron chi connectivity index (χ0n) is 12.2. The Bertz CT molecular complexity index is 668. The van der Waals surface area contributed by atoms with E-state index in [2.05, 4.69) is 10.1 Å². The summed E-state index contributed by atoms with van der Waals surface area (Å²) in [5, 5.41) is 3.76. The van der Waals surface area contributed by atoms with Crippen molar-refractivity contribution < 1.29 is 23.5 Å². The van der Waals surface area contributed by atoms with E-state index in [0.717, 1.165) is 0 Å². The van der Waals surface area contributed by atoms with Crippen LogP contribution in [0.1, 0.15) is 28.5 Å². The van der Waals surface area contributed by atoms with Gasteiger partial charge in [0.25, 0.3) is 0 Å². The summed E-state index contributed by atoms with van der Waals surface area (Å²) >= 11 is 0. The summed E-state index contributed by atoms with van der Waals surface area (Å²) in [5.74, 6) is 2.17. The van der Waals surface area contributed by atoms with Crippen molar-refractivity contribution >= 4 is 5.78 Å². The van der Waals surface area contributed by atoms with E-state index in [0.29, 0.717) is 55.0 Å². The Kier molecular flexibility index (Phi) is 4.34. The van der Waals surface area contributed by atoms with E-state index >= 15 is 0 Å². The standard InChI is InChI=1S/C15H16N2O5/c1-19-9-14-16-15(22-17-14)5-3-11(18)10-2-4-12-13(8-10)21-7-6-20-12/h2,4,8H,3,5-7,9H2,1H3. The first-order valence-corrected chi connectivity index (χ1v) is 6.99. The SMILES string of the molecule is COCc1noc(CCC(=O)c2ccc3c(c2)OCCO3)n1. The third-order valence-corrected chi connectivity index (χ3v) is 3.21. The Hall–Kier alpha value is -2.41. The number of aryl methyl sites for hydroxylation is 1. The smallest absolute Gasteiger partial charge is 0.227 e. The van der Waals surface area contributed by atoms with Gasteiger partial charge in [0.1, 0.15) is 19.8 Å². The van der Waals surface area contributed by atoms with Crippen LogP contribution in [0.4, 0.5) is 0 Å². The number of benzene rings is 1. The van der Waals surface area contributed by atoms with Gasteiger partial charge in [-0.05, 0) is 18.2 Å². The summed E-state index contributed by atoms with van der Waals surface area (Å²) in [4.78, 5) is 16.4. The fraction of sp³-hybridized carbons (Fsp3) is 0.400. The zero-order chi connectivity index (χ0) is 15.4. The van der Waals surface area contributed by atoms with Crippen molar-refractivity contribution in [2.75, 3.05) is 20.3 Å². The number of ether oxygens (including phenoxy) is 3. The van der Waals surface area contributed by atoms with E-state index < -0.39 is 0 Å². The van der Waals surface area contributed by atoms with Gasteiger partial charge in [-0.15, -0.1) is 0 Å². The maximum absolute atomic E-state index is 12.2. The van der Waals surface area contributed by atoms with Crippen molar-refractivity contribution in [1.82, 2.24) is 10.1 Å². The minimum atomic E-state index is -0.0107. The third kappa shape index (κ3) is 3.25. The molecule has 0 saturated heterocycles. The lowest BCUT2D eigenvalue weighted by atomic mass is 10.1. The lowest BCUT2D eigenvalue weighted by Gasteiger charge is -2.18. The summed E-state index contributed by atoms with van der Waals surface area (Å²) in [6, 6.07) is 5.20. The number of hydrogen-bond acceptors (Lipinski definition) is 7. The molecule has 22 heavy (non-hydrogen) atoms. The number of aromatic nitrogens is 2. The topological polar surface area (TPSA) is 83.7 Å². The van der Waals surface area contributed by atoms with Gasteiger partial charge in [0.2, 0.25) is 5.89 Å². The Morgan fingerprint density at radius 2 is 2.09 bits per heavy atom. The molecule has 7 nitrogen and oxygen atoms in total. The van der Waals surface area contributed by atoms with Crippen molar-refractivity contribution in [3.8, 4) is 11.5 Å². The molecule has 0 radical (unpaired) electrons. The van der Waals surface area contributed by atoms with E-state index in [9.17, 15) is 4.79 Å². The van der Waals surface area contributed by atoms with Gasteiger partial charge in [-0.25, -0.2) is 0 Å². The van der Waals surface area contributed by atoms with Gasteiger partial charge in [-0.1, -0.05) is 5.16 Å². The number of Topliss-reactive ketones (excluding diaryl/α,β-unsaturated/α-hetero) is 1. The molecule has 0 unspecified atom stereocenters. The molecule has 2 heterocycles. The molecule has 1 aromatic carbocycles. The minimum absolute atomic E-state index is 0.0107. The van der Waals surface area contributed by atoms with E-state index in [1.807, 2.05) is 0 Å². The molecule has 1 aliphatic rings. The normalized spacial score (nSPS) is 13.1. The number of hydrogen-bond donors (Lipinski definition) is 0. The molecule has 1 aliphatic heterocycles. The molecule has 1 aromatic heterocycles. The van der Waals surface area contributed by atoms with E-state index in [4.69, 9.17) is 18.7 Å². The molecule has 3 rings (SSSR count). The molecule has 0 spiro atoms. The van der Waals surface area contributed by atoms with Crippen LogP contribution < -0.4 is 9.47 Å². The number of carbonyl (C=O) groups is 1. The fourth-order valence-corrected chi connectivity index (χ4v) is 2.16. The van der Waals surface area contributed by atoms with Crippen LogP contribution in [-0.2, 0) is 17.8 Å². The average Bonchev–Trinajstić information content (AvgIpc) is 3.00. The van der Waals surface area contributed by atoms with Crippen LogP contribution in [0.5, 0.6) is 11.5 Å². The minimum Gasteiger partial charge on any atom is -0.486 e. The van der Waals surface area contributed by atoms with Gasteiger partial charge in [0, 0.05) is 25.5 Å². The van der Waals surface area contributed by atoms with Crippen molar-refractivity contribution in [1.29, 1.82) is 0 Å². The first-order valence-electron chi connectivity index (χ1n) is 6.99. The maximum Gasteiger partial charge on any atom is 0.227 e. The molecule has 0 bridgehead atoms. The summed E-state index contributed by atoms with van der Waals surface area (Å²) in [6.45, 7) is 1.32. The summed E-state index contributed by atoms with van der Waals surface area (Å²) in [5.41, 5.74) is 0.584. The number of fused-ring (bicyclic) bond motifs is 1. The van der Waals surface area contributed by atoms with E-state index in [1.54, 1.807) is 25.3 Å². The highest BCUT2D eigenvalue weighted by Gasteiger charge is 2.16. The highest BCUT2D eigenvalue weighted by Crippen LogP contribution is 2.31. The van der Waals surface area contributed by atoms with Crippen molar-refractivity contribution in [3.63, 3.8) is 0 Å². The van der Waals surface area contributed by atoms with Crippen LogP contribution >= 0.6 is 0 Å². The van der Waals surface area contributed by atoms with E-state index in [-0.39, 0.29) is 12.2 Å². The Morgan fingerprint density at radius 3 is 2.91 bits per heavy atom. The van der Waals surface area contributed by atoms with Crippen LogP contribution in [0.25, 0.3) is 0 Å². The number of ketones is 1. The molecular formula is C15H16N2O5. The monoisotopic (exact) mass is 304 g/mol. The van der Waals surface area contributed by atoms with Crippen LogP contribution in [-0.4, -0.2) is 36.2 Å². The lowest BCUT2D eigenvalue weighted by molar-refractivity contribution is 0.0978. The molecule has 0 fully saturated rings. The molecule has 0 N–H and O–H groups in total. The highest BCUT2D eigenvalue weighted by molar-refractivity contribution is 5.96. The second kappa shape index (κ2) is 6.57. The molecule has 0 atom stereocenters. The molecule has 0 amide bonds. The molecule has 7 heteroatoms. The van der Waals surface area contributed by atoms with Crippen LogP contribution in [0.2, 0.25) is 0 Å². The molecule has 0 aliphatic carbocycles. The predicted octanol–water partition coefficient (Wildman–Crippen LogP) is 1.80. The quantitative estimate of drug-likeness (QED) is 0.752. The van der Waals surface area contributed by atoms with E-state index in [1.165, 1.54) is 0 Å². The second-order valence-electron chi connectivity index (χ2n) is 4.82. The first-order chi connectivity index (χ1) is 10.8. The Balaban J connectivity index is 1.61. The Morgan fingerprint density at radius 1 is 1.27 bits per heavy atom. The second-order valence-corrected chi connectivity index (χ2v) is 4.82. The summed E-state index contributed by atoms with van der Waals surface area (Å²) in [6.07, 6.45) is 0.679. The largest absolute Gasteiger partial charge is 0.486 e. The number of carbonyl (C=O) groups excluding carboxylic acids is 1. The molecule has 2 aromatic rings. The van der Waals surface area contributed by atoms with Gasteiger partial charge >= 0.3 is 0 Å². The highest BCUT2D eigenvalue weighted by atomic mass is 16.6. The van der Waals surface area contributed by atoms with Crippen LogP contribution in [0.3, 0.4) is 0 Å². The van der Waals surface area contributed by atoms with Gasteiger partial charge in [0.15, 0.2) is 23.1 Å². The average molecular weight is 304 g/mol. The van der Waals surface area contributed by atoms with Crippen molar-refractivity contribution in [2.45, 2.75) is 19.4 Å². The van der Waals surface area contributed by atoms with Gasteiger partial charge < -0.3 is 18.7 Å². The van der Waals surface area contributed by atoms with Gasteiger partial charge in [-0.3, -0.25) is 4.79 Å². The zero-order valence-corrected chi connectivity index (χ0v) is 12.2. The predicted molar refractivity (Wildman–Crippen MR) is 75.1 cm³/mol. The summed E-state index contributed by atoms with van der Waals surface area (Å²) < 4.78 is 20.9. The molecular weight excluding hydrogens is 288 g/mol.